The predicted octanol–water partition coefficient (Wildman–Crippen LogP) is 3.12. The van der Waals surface area contributed by atoms with E-state index in [0.717, 1.165) is 33.4 Å². The molecule has 4 rings (SSSR count). The fraction of sp³-hybridized carbons (Fsp3) is 0.235. The number of ether oxygens (including phenoxy) is 1. The Morgan fingerprint density at radius 3 is 2.47 bits per heavy atom. The van der Waals surface area contributed by atoms with Gasteiger partial charge in [0, 0.05) is 22.3 Å². The Balaban J connectivity index is 2.14. The van der Waals surface area contributed by atoms with Crippen LogP contribution in [-0.4, -0.2) is 12.4 Å². The van der Waals surface area contributed by atoms with Gasteiger partial charge >= 0.3 is 0 Å². The summed E-state index contributed by atoms with van der Waals surface area (Å²) in [5, 5.41) is 0. The summed E-state index contributed by atoms with van der Waals surface area (Å²) >= 11 is 0. The van der Waals surface area contributed by atoms with Gasteiger partial charge in [0.1, 0.15) is 5.60 Å². The van der Waals surface area contributed by atoms with Gasteiger partial charge in [-0.1, -0.05) is 36.4 Å². The van der Waals surface area contributed by atoms with Crippen LogP contribution in [0.25, 0.3) is 0 Å². The highest BCUT2D eigenvalue weighted by Gasteiger charge is 2.55. The van der Waals surface area contributed by atoms with E-state index in [4.69, 9.17) is 4.74 Å². The van der Waals surface area contributed by atoms with Gasteiger partial charge in [0.05, 0.1) is 6.61 Å². The first-order valence-electron chi connectivity index (χ1n) is 6.54. The average Bonchev–Trinajstić information content (AvgIpc) is 3.20. The molecule has 19 heavy (non-hydrogen) atoms. The van der Waals surface area contributed by atoms with Crippen LogP contribution in [0.5, 0.6) is 0 Å². The van der Waals surface area contributed by atoms with E-state index in [2.05, 4.69) is 13.0 Å². The lowest BCUT2D eigenvalue weighted by molar-refractivity contribution is 0.102. The van der Waals surface area contributed by atoms with Gasteiger partial charge in [-0.3, -0.25) is 4.79 Å². The van der Waals surface area contributed by atoms with E-state index in [9.17, 15) is 4.79 Å². The molecule has 0 amide bonds. The van der Waals surface area contributed by atoms with Gasteiger partial charge in [0.25, 0.3) is 0 Å². The van der Waals surface area contributed by atoms with Gasteiger partial charge in [-0.15, -0.1) is 0 Å². The second-order valence-corrected chi connectivity index (χ2v) is 5.44. The van der Waals surface area contributed by atoms with Crippen LogP contribution in [-0.2, 0) is 10.3 Å². The molecule has 0 radical (unpaired) electrons. The maximum absolute atomic E-state index is 12.7. The Bertz CT molecular complexity index is 724. The van der Waals surface area contributed by atoms with Crippen molar-refractivity contribution in [2.24, 2.45) is 0 Å². The number of epoxide rings is 1. The summed E-state index contributed by atoms with van der Waals surface area (Å²) in [6.07, 6.45) is 0. The lowest BCUT2D eigenvalue weighted by atomic mass is 9.74. The smallest absolute Gasteiger partial charge is 0.194 e. The summed E-state index contributed by atoms with van der Waals surface area (Å²) in [4.78, 5) is 12.7. The Morgan fingerprint density at radius 2 is 1.74 bits per heavy atom. The van der Waals surface area contributed by atoms with E-state index in [1.54, 1.807) is 0 Å². The van der Waals surface area contributed by atoms with Gasteiger partial charge in [-0.05, 0) is 25.0 Å². The van der Waals surface area contributed by atoms with Gasteiger partial charge in [-0.25, -0.2) is 0 Å². The number of benzene rings is 2. The number of rotatable bonds is 0. The molecule has 2 aromatic rings. The van der Waals surface area contributed by atoms with Gasteiger partial charge < -0.3 is 4.74 Å². The van der Waals surface area contributed by atoms with Crippen molar-refractivity contribution in [2.45, 2.75) is 19.4 Å². The SMILES string of the molecule is Cc1ccc(C)c2c1C(=O)c1ccccc1C21CO1. The number of hydrogen-bond donors (Lipinski definition) is 0. The highest BCUT2D eigenvalue weighted by Crippen LogP contribution is 2.52. The van der Waals surface area contributed by atoms with Gasteiger partial charge in [-0.2, -0.15) is 0 Å². The van der Waals surface area contributed by atoms with Crippen molar-refractivity contribution in [1.29, 1.82) is 0 Å². The third-order valence-electron chi connectivity index (χ3n) is 4.29. The average molecular weight is 250 g/mol. The molecule has 1 atom stereocenters. The molecule has 1 unspecified atom stereocenters. The molecule has 94 valence electrons. The van der Waals surface area contributed by atoms with Crippen LogP contribution in [0, 0.1) is 13.8 Å². The molecule has 1 aliphatic carbocycles. The summed E-state index contributed by atoms with van der Waals surface area (Å²) in [6.45, 7) is 4.73. The minimum atomic E-state index is -0.365. The van der Waals surface area contributed by atoms with Crippen LogP contribution in [0.2, 0.25) is 0 Å². The van der Waals surface area contributed by atoms with Crippen LogP contribution in [0.1, 0.15) is 38.2 Å². The lowest BCUT2D eigenvalue weighted by Crippen LogP contribution is -2.27. The summed E-state index contributed by atoms with van der Waals surface area (Å²) in [6, 6.07) is 11.9. The topological polar surface area (TPSA) is 29.6 Å². The lowest BCUT2D eigenvalue weighted by Gasteiger charge is -2.27. The highest BCUT2D eigenvalue weighted by atomic mass is 16.6. The zero-order valence-electron chi connectivity index (χ0n) is 11.0. The number of ketones is 1. The van der Waals surface area contributed by atoms with Crippen LogP contribution in [0.3, 0.4) is 0 Å². The molecule has 0 aromatic heterocycles. The third kappa shape index (κ3) is 1.22. The fourth-order valence-electron chi connectivity index (χ4n) is 3.30. The van der Waals surface area contributed by atoms with Crippen LogP contribution in [0.15, 0.2) is 36.4 Å². The Labute approximate surface area is 112 Å². The molecular weight excluding hydrogens is 236 g/mol. The first-order valence-corrected chi connectivity index (χ1v) is 6.54. The monoisotopic (exact) mass is 250 g/mol. The van der Waals surface area contributed by atoms with E-state index >= 15 is 0 Å². The molecule has 1 aliphatic heterocycles. The zero-order valence-corrected chi connectivity index (χ0v) is 11.0. The molecule has 2 heteroatoms. The first kappa shape index (κ1) is 10.9. The predicted molar refractivity (Wildman–Crippen MR) is 72.5 cm³/mol. The van der Waals surface area contributed by atoms with Gasteiger partial charge in [0.15, 0.2) is 5.78 Å². The zero-order chi connectivity index (χ0) is 13.2. The molecule has 0 bridgehead atoms. The van der Waals surface area contributed by atoms with Crippen molar-refractivity contribution in [3.05, 3.63) is 69.8 Å². The number of carbonyl (C=O) groups is 1. The maximum Gasteiger partial charge on any atom is 0.194 e. The molecule has 2 aromatic carbocycles. The summed E-state index contributed by atoms with van der Waals surface area (Å²) in [5.74, 6) is 0.132. The Hall–Kier alpha value is -1.93. The minimum Gasteiger partial charge on any atom is -0.359 e. The van der Waals surface area contributed by atoms with E-state index in [-0.39, 0.29) is 11.4 Å². The van der Waals surface area contributed by atoms with Crippen molar-refractivity contribution in [3.8, 4) is 0 Å². The molecule has 1 saturated heterocycles. The second-order valence-electron chi connectivity index (χ2n) is 5.44. The molecular formula is C17H14O2. The summed E-state index contributed by atoms with van der Waals surface area (Å²) in [5.41, 5.74) is 5.56. The first-order chi connectivity index (χ1) is 9.15. The molecule has 1 spiro atoms. The van der Waals surface area contributed by atoms with E-state index in [0.29, 0.717) is 6.61 Å². The third-order valence-corrected chi connectivity index (χ3v) is 4.29. The van der Waals surface area contributed by atoms with Crippen molar-refractivity contribution in [1.82, 2.24) is 0 Å². The van der Waals surface area contributed by atoms with Crippen LogP contribution < -0.4 is 0 Å². The largest absolute Gasteiger partial charge is 0.359 e. The molecule has 1 fully saturated rings. The van der Waals surface area contributed by atoms with Crippen molar-refractivity contribution < 1.29 is 9.53 Å². The van der Waals surface area contributed by atoms with Crippen LogP contribution in [0.4, 0.5) is 0 Å². The molecule has 2 nitrogen and oxygen atoms in total. The molecule has 0 saturated carbocycles. The Morgan fingerprint density at radius 1 is 1.05 bits per heavy atom. The quantitative estimate of drug-likeness (QED) is 0.672. The molecule has 1 heterocycles. The van der Waals surface area contributed by atoms with Crippen molar-refractivity contribution in [3.63, 3.8) is 0 Å². The van der Waals surface area contributed by atoms with E-state index in [1.807, 2.05) is 37.3 Å². The highest BCUT2D eigenvalue weighted by molar-refractivity contribution is 6.14. The van der Waals surface area contributed by atoms with Crippen molar-refractivity contribution in [2.75, 3.05) is 6.61 Å². The second kappa shape index (κ2) is 3.34. The molecule has 2 aliphatic rings. The Kier molecular flexibility index (Phi) is 1.92. The molecule has 0 N–H and O–H groups in total. The van der Waals surface area contributed by atoms with E-state index < -0.39 is 0 Å². The van der Waals surface area contributed by atoms with Crippen molar-refractivity contribution >= 4 is 5.78 Å². The maximum atomic E-state index is 12.7. The number of carbonyl (C=O) groups excluding carboxylic acids is 1. The standard InChI is InChI=1S/C17H14O2/c1-10-7-8-11(2)15-14(10)16(18)12-5-3-4-6-13(12)17(15)9-19-17/h3-8H,9H2,1-2H3. The van der Waals surface area contributed by atoms with Crippen LogP contribution >= 0.6 is 0 Å². The fourth-order valence-corrected chi connectivity index (χ4v) is 3.30. The number of fused-ring (bicyclic) bond motifs is 4. The number of aryl methyl sites for hydroxylation is 2. The summed E-state index contributed by atoms with van der Waals surface area (Å²) in [7, 11) is 0. The summed E-state index contributed by atoms with van der Waals surface area (Å²) < 4.78 is 5.82. The van der Waals surface area contributed by atoms with E-state index in [1.165, 1.54) is 0 Å². The van der Waals surface area contributed by atoms with Gasteiger partial charge in [0.2, 0.25) is 0 Å². The number of hydrogen-bond acceptors (Lipinski definition) is 2. The minimum absolute atomic E-state index is 0.132. The normalized spacial score (nSPS) is 23.2.